The molecule has 1 atom stereocenters. The van der Waals surface area contributed by atoms with Crippen molar-refractivity contribution < 1.29 is 9.18 Å². The predicted molar refractivity (Wildman–Crippen MR) is 143 cm³/mol. The molecule has 6 nitrogen and oxygen atoms in total. The van der Waals surface area contributed by atoms with E-state index in [1.807, 2.05) is 48.5 Å². The fourth-order valence-corrected chi connectivity index (χ4v) is 4.71. The maximum atomic E-state index is 14.7. The summed E-state index contributed by atoms with van der Waals surface area (Å²) in [5, 5.41) is 6.76. The summed E-state index contributed by atoms with van der Waals surface area (Å²) >= 11 is 5.99. The average Bonchev–Trinajstić information content (AvgIpc) is 3.30. The summed E-state index contributed by atoms with van der Waals surface area (Å²) in [6.45, 7) is 1.03. The van der Waals surface area contributed by atoms with E-state index in [4.69, 9.17) is 11.6 Å². The number of halogens is 2. The Bertz CT molecular complexity index is 1440. The fraction of sp³-hybridized carbons (Fsp3) is 0.179. The van der Waals surface area contributed by atoms with Crippen LogP contribution in [-0.2, 0) is 4.79 Å². The molecular weight excluding hydrogens is 477 g/mol. The Morgan fingerprint density at radius 1 is 1.08 bits per heavy atom. The van der Waals surface area contributed by atoms with Crippen molar-refractivity contribution in [1.29, 1.82) is 0 Å². The van der Waals surface area contributed by atoms with E-state index in [1.54, 1.807) is 18.2 Å². The first-order valence-electron chi connectivity index (χ1n) is 11.7. The second kappa shape index (κ2) is 10.4. The number of likely N-dealkylation sites (tertiary alicyclic amines) is 1. The third-order valence-corrected chi connectivity index (χ3v) is 6.67. The van der Waals surface area contributed by atoms with Crippen molar-refractivity contribution in [3.63, 3.8) is 0 Å². The number of nitrogens with zero attached hydrogens (tertiary/aromatic N) is 3. The van der Waals surface area contributed by atoms with E-state index >= 15 is 0 Å². The van der Waals surface area contributed by atoms with Crippen LogP contribution in [0.15, 0.2) is 79.1 Å². The highest BCUT2D eigenvalue weighted by molar-refractivity contribution is 6.31. The van der Waals surface area contributed by atoms with E-state index in [1.165, 1.54) is 12.4 Å². The highest BCUT2D eigenvalue weighted by Crippen LogP contribution is 2.39. The minimum absolute atomic E-state index is 0.00860. The molecule has 1 fully saturated rings. The van der Waals surface area contributed by atoms with Gasteiger partial charge in [0.1, 0.15) is 12.1 Å². The van der Waals surface area contributed by atoms with Crippen LogP contribution in [-0.4, -0.2) is 40.4 Å². The van der Waals surface area contributed by atoms with Gasteiger partial charge >= 0.3 is 0 Å². The lowest BCUT2D eigenvalue weighted by Gasteiger charge is -2.17. The van der Waals surface area contributed by atoms with Gasteiger partial charge in [0.05, 0.1) is 21.6 Å². The van der Waals surface area contributed by atoms with Gasteiger partial charge in [0.25, 0.3) is 0 Å². The molecule has 0 aliphatic carbocycles. The van der Waals surface area contributed by atoms with Crippen LogP contribution in [0.2, 0.25) is 5.02 Å². The molecule has 36 heavy (non-hydrogen) atoms. The van der Waals surface area contributed by atoms with Gasteiger partial charge in [0, 0.05) is 23.4 Å². The smallest absolute Gasteiger partial charge is 0.248 e. The van der Waals surface area contributed by atoms with E-state index < -0.39 is 5.82 Å². The number of carbonyl (C=O) groups excluding carboxylic acids is 1. The SMILES string of the molecule is CN1CCC[C@@H]1/C=C/C(=O)Nc1ccc2ncnc(Nc3cccc(Cl)c3F)c2c1-c1ccccc1. The zero-order valence-corrected chi connectivity index (χ0v) is 20.5. The van der Waals surface area contributed by atoms with Gasteiger partial charge in [0.15, 0.2) is 5.82 Å². The predicted octanol–water partition coefficient (Wildman–Crippen LogP) is 6.42. The molecule has 0 radical (unpaired) electrons. The minimum Gasteiger partial charge on any atom is -0.337 e. The number of carbonyl (C=O) groups is 1. The molecule has 182 valence electrons. The molecule has 0 bridgehead atoms. The van der Waals surface area contributed by atoms with Crippen molar-refractivity contribution >= 4 is 45.6 Å². The summed E-state index contributed by atoms with van der Waals surface area (Å²) in [6.07, 6.45) is 7.12. The van der Waals surface area contributed by atoms with Crippen LogP contribution in [0, 0.1) is 5.82 Å². The molecule has 1 aliphatic rings. The zero-order chi connectivity index (χ0) is 25.1. The number of aromatic nitrogens is 2. The second-order valence-corrected chi connectivity index (χ2v) is 9.14. The van der Waals surface area contributed by atoms with Crippen molar-refractivity contribution in [3.05, 3.63) is 90.0 Å². The Morgan fingerprint density at radius 2 is 1.92 bits per heavy atom. The first-order valence-corrected chi connectivity index (χ1v) is 12.1. The van der Waals surface area contributed by atoms with Gasteiger partial charge in [0.2, 0.25) is 5.91 Å². The number of rotatable bonds is 6. The normalized spacial score (nSPS) is 16.0. The molecule has 0 saturated carbocycles. The third-order valence-electron chi connectivity index (χ3n) is 6.38. The van der Waals surface area contributed by atoms with Crippen LogP contribution in [0.4, 0.5) is 21.6 Å². The topological polar surface area (TPSA) is 70.2 Å². The lowest BCUT2D eigenvalue weighted by molar-refractivity contribution is -0.111. The molecule has 2 N–H and O–H groups in total. The van der Waals surface area contributed by atoms with Crippen LogP contribution in [0.5, 0.6) is 0 Å². The quantitative estimate of drug-likeness (QED) is 0.298. The van der Waals surface area contributed by atoms with Gasteiger partial charge in [-0.25, -0.2) is 14.4 Å². The highest BCUT2D eigenvalue weighted by Gasteiger charge is 2.20. The molecule has 1 aromatic heterocycles. The monoisotopic (exact) mass is 501 g/mol. The molecule has 1 aliphatic heterocycles. The van der Waals surface area contributed by atoms with Crippen LogP contribution in [0.3, 0.4) is 0 Å². The molecule has 1 saturated heterocycles. The Morgan fingerprint density at radius 3 is 2.69 bits per heavy atom. The number of fused-ring (bicyclic) bond motifs is 1. The summed E-state index contributed by atoms with van der Waals surface area (Å²) in [4.78, 5) is 24.0. The summed E-state index contributed by atoms with van der Waals surface area (Å²) in [5.74, 6) is -0.392. The molecule has 0 spiro atoms. The number of amides is 1. The molecular formula is C28H25ClFN5O. The second-order valence-electron chi connectivity index (χ2n) is 8.74. The maximum Gasteiger partial charge on any atom is 0.248 e. The van der Waals surface area contributed by atoms with E-state index in [2.05, 4.69) is 32.5 Å². The molecule has 4 aromatic rings. The molecule has 0 unspecified atom stereocenters. The highest BCUT2D eigenvalue weighted by atomic mass is 35.5. The minimum atomic E-state index is -0.571. The average molecular weight is 502 g/mol. The van der Waals surface area contributed by atoms with Gasteiger partial charge in [-0.1, -0.05) is 54.1 Å². The number of hydrogen-bond acceptors (Lipinski definition) is 5. The molecule has 3 aromatic carbocycles. The molecule has 2 heterocycles. The van der Waals surface area contributed by atoms with Gasteiger partial charge in [-0.05, 0) is 56.3 Å². The Kier molecular flexibility index (Phi) is 6.93. The summed E-state index contributed by atoms with van der Waals surface area (Å²) in [5.41, 5.74) is 3.04. The summed E-state index contributed by atoms with van der Waals surface area (Å²) in [7, 11) is 2.06. The van der Waals surface area contributed by atoms with Gasteiger partial charge in [-0.3, -0.25) is 9.69 Å². The Balaban J connectivity index is 1.59. The van der Waals surface area contributed by atoms with Crippen molar-refractivity contribution in [1.82, 2.24) is 14.9 Å². The van der Waals surface area contributed by atoms with Crippen LogP contribution >= 0.6 is 11.6 Å². The van der Waals surface area contributed by atoms with Crippen molar-refractivity contribution in [2.45, 2.75) is 18.9 Å². The van der Waals surface area contributed by atoms with Gasteiger partial charge < -0.3 is 10.6 Å². The maximum absolute atomic E-state index is 14.7. The van der Waals surface area contributed by atoms with Crippen LogP contribution < -0.4 is 10.6 Å². The van der Waals surface area contributed by atoms with Crippen LogP contribution in [0.1, 0.15) is 12.8 Å². The van der Waals surface area contributed by atoms with Gasteiger partial charge in [-0.15, -0.1) is 0 Å². The summed E-state index contributed by atoms with van der Waals surface area (Å²) < 4.78 is 14.7. The number of hydrogen-bond donors (Lipinski definition) is 2. The van der Waals surface area contributed by atoms with Crippen molar-refractivity contribution in [2.24, 2.45) is 0 Å². The first kappa shape index (κ1) is 23.9. The first-order chi connectivity index (χ1) is 17.5. The van der Waals surface area contributed by atoms with E-state index in [-0.39, 0.29) is 22.7 Å². The third kappa shape index (κ3) is 4.94. The fourth-order valence-electron chi connectivity index (χ4n) is 4.54. The van der Waals surface area contributed by atoms with Crippen LogP contribution in [0.25, 0.3) is 22.0 Å². The standard InChI is InChI=1S/C28H25ClFN5O/c1-35-16-6-9-19(35)12-15-24(36)33-22-14-13-21-26(25(22)18-7-3-2-4-8-18)28(32-17-31-21)34-23-11-5-10-20(29)27(23)30/h2-5,7-8,10-15,17,19H,6,9,16H2,1H3,(H,33,36)(H,31,32,34)/b15-12+/t19-/m1/s1. The van der Waals surface area contributed by atoms with E-state index in [0.717, 1.165) is 30.5 Å². The number of anilines is 3. The molecule has 5 rings (SSSR count). The summed E-state index contributed by atoms with van der Waals surface area (Å²) in [6, 6.07) is 18.3. The molecule has 1 amide bonds. The lowest BCUT2D eigenvalue weighted by Crippen LogP contribution is -2.23. The number of nitrogens with one attached hydrogen (secondary N) is 2. The van der Waals surface area contributed by atoms with Gasteiger partial charge in [-0.2, -0.15) is 0 Å². The Hall–Kier alpha value is -3.81. The zero-order valence-electron chi connectivity index (χ0n) is 19.7. The Labute approximate surface area is 213 Å². The van der Waals surface area contributed by atoms with Crippen molar-refractivity contribution in [2.75, 3.05) is 24.2 Å². The van der Waals surface area contributed by atoms with E-state index in [0.29, 0.717) is 22.4 Å². The lowest BCUT2D eigenvalue weighted by atomic mass is 9.98. The van der Waals surface area contributed by atoms with Crippen molar-refractivity contribution in [3.8, 4) is 11.1 Å². The number of likely N-dealkylation sites (N-methyl/N-ethyl adjacent to an activating group) is 1. The van der Waals surface area contributed by atoms with E-state index in [9.17, 15) is 9.18 Å². The number of benzene rings is 3. The molecule has 8 heteroatoms. The largest absolute Gasteiger partial charge is 0.337 e.